The van der Waals surface area contributed by atoms with Gasteiger partial charge in [0.1, 0.15) is 0 Å². The summed E-state index contributed by atoms with van der Waals surface area (Å²) in [6.45, 7) is 15.6. The molecule has 0 saturated heterocycles. The van der Waals surface area contributed by atoms with Crippen LogP contribution < -0.4 is 0 Å². The van der Waals surface area contributed by atoms with Gasteiger partial charge in [-0.3, -0.25) is 4.79 Å². The van der Waals surface area contributed by atoms with E-state index in [-0.39, 0.29) is 11.9 Å². The fourth-order valence-electron chi connectivity index (χ4n) is 6.20. The lowest BCUT2D eigenvalue weighted by atomic mass is 9.89. The molecule has 0 amide bonds. The smallest absolute Gasteiger partial charge is 0.337 e. The Bertz CT molecular complexity index is 480. The van der Waals surface area contributed by atoms with Gasteiger partial charge in [0.05, 0.1) is 5.92 Å². The fraction of sp³-hybridized carbons (Fsp3) is 0.950. The molecule has 0 N–H and O–H groups in total. The van der Waals surface area contributed by atoms with E-state index >= 15 is 0 Å². The van der Waals surface area contributed by atoms with E-state index in [4.69, 9.17) is 13.3 Å². The van der Waals surface area contributed by atoms with Crippen LogP contribution in [0.15, 0.2) is 0 Å². The molecule has 0 aromatic heterocycles. The second-order valence-electron chi connectivity index (χ2n) is 9.60. The second kappa shape index (κ2) is 8.05. The Morgan fingerprint density at radius 1 is 0.846 bits per heavy atom. The number of rotatable bonds is 8. The van der Waals surface area contributed by atoms with Gasteiger partial charge in [0.25, 0.3) is 14.3 Å². The summed E-state index contributed by atoms with van der Waals surface area (Å²) in [4.78, 5) is 13.2. The largest absolute Gasteiger partial charge is 0.518 e. The van der Waals surface area contributed by atoms with Crippen molar-refractivity contribution in [3.63, 3.8) is 0 Å². The molecule has 0 aliphatic heterocycles. The Morgan fingerprint density at radius 2 is 1.35 bits per heavy atom. The van der Waals surface area contributed by atoms with Gasteiger partial charge in [-0.25, -0.2) is 0 Å². The molecular weight excluding hydrogens is 360 g/mol. The first-order valence-corrected chi connectivity index (χ1v) is 14.9. The molecule has 26 heavy (non-hydrogen) atoms. The van der Waals surface area contributed by atoms with Crippen LogP contribution in [-0.4, -0.2) is 37.1 Å². The maximum Gasteiger partial charge on any atom is 0.337 e. The molecule has 2 aliphatic rings. The number of hydrogen-bond acceptors (Lipinski definition) is 4. The average molecular weight is 401 g/mol. The highest BCUT2D eigenvalue weighted by Crippen LogP contribution is 2.58. The number of carbonyl (C=O) groups is 1. The molecule has 0 radical (unpaired) electrons. The van der Waals surface area contributed by atoms with Crippen LogP contribution in [0.4, 0.5) is 0 Å². The Labute approximate surface area is 162 Å². The van der Waals surface area contributed by atoms with Gasteiger partial charge in [-0.1, -0.05) is 41.5 Å². The number of fused-ring (bicyclic) bond motifs is 2. The van der Waals surface area contributed by atoms with Gasteiger partial charge in [0, 0.05) is 19.8 Å². The normalized spacial score (nSPS) is 29.2. The highest BCUT2D eigenvalue weighted by atomic mass is 28.4. The van der Waals surface area contributed by atoms with E-state index in [9.17, 15) is 4.79 Å². The molecule has 4 atom stereocenters. The molecule has 0 aromatic rings. The van der Waals surface area contributed by atoms with Crippen molar-refractivity contribution in [1.29, 1.82) is 0 Å². The monoisotopic (exact) mass is 400 g/mol. The van der Waals surface area contributed by atoms with Crippen LogP contribution >= 0.6 is 0 Å². The molecule has 0 heterocycles. The molecule has 152 valence electrons. The van der Waals surface area contributed by atoms with E-state index in [0.29, 0.717) is 34.0 Å². The van der Waals surface area contributed by atoms with Crippen LogP contribution in [0.25, 0.3) is 0 Å². The average Bonchev–Trinajstić information content (AvgIpc) is 3.18. The minimum atomic E-state index is -2.14. The molecule has 0 spiro atoms. The van der Waals surface area contributed by atoms with Crippen LogP contribution in [-0.2, 0) is 18.1 Å². The van der Waals surface area contributed by atoms with E-state index in [1.54, 1.807) is 14.2 Å². The van der Waals surface area contributed by atoms with Gasteiger partial charge < -0.3 is 13.3 Å². The Morgan fingerprint density at radius 3 is 1.69 bits per heavy atom. The maximum atomic E-state index is 13.2. The van der Waals surface area contributed by atoms with Crippen LogP contribution in [0.2, 0.25) is 28.7 Å². The van der Waals surface area contributed by atoms with Crippen LogP contribution in [0.3, 0.4) is 0 Å². The quantitative estimate of drug-likeness (QED) is 0.506. The van der Waals surface area contributed by atoms with E-state index in [1.807, 2.05) is 0 Å². The second-order valence-corrected chi connectivity index (χ2v) is 18.6. The van der Waals surface area contributed by atoms with Crippen molar-refractivity contribution in [2.75, 3.05) is 14.2 Å². The van der Waals surface area contributed by atoms with Crippen molar-refractivity contribution in [2.24, 2.45) is 17.8 Å². The molecule has 6 heteroatoms. The van der Waals surface area contributed by atoms with E-state index in [0.717, 1.165) is 19.3 Å². The summed E-state index contributed by atoms with van der Waals surface area (Å²) in [5.74, 6) is 1.19. The molecule has 2 rings (SSSR count). The van der Waals surface area contributed by atoms with Crippen molar-refractivity contribution in [1.82, 2.24) is 0 Å². The maximum absolute atomic E-state index is 13.2. The van der Waals surface area contributed by atoms with Crippen LogP contribution in [0, 0.1) is 17.8 Å². The Kier molecular flexibility index (Phi) is 6.85. The first kappa shape index (κ1) is 22.1. The van der Waals surface area contributed by atoms with Crippen molar-refractivity contribution in [3.05, 3.63) is 0 Å². The first-order valence-electron chi connectivity index (χ1n) is 10.4. The fourth-order valence-corrected chi connectivity index (χ4v) is 14.0. The summed E-state index contributed by atoms with van der Waals surface area (Å²) in [6.07, 6.45) is 3.16. The molecule has 0 aromatic carbocycles. The summed E-state index contributed by atoms with van der Waals surface area (Å²) in [5.41, 5.74) is 1.83. The van der Waals surface area contributed by atoms with Gasteiger partial charge in [0.15, 0.2) is 0 Å². The third-order valence-electron chi connectivity index (χ3n) is 7.63. The summed E-state index contributed by atoms with van der Waals surface area (Å²) in [6, 6.07) is 0. The number of carbonyl (C=O) groups excluding carboxylic acids is 1. The van der Waals surface area contributed by atoms with Crippen molar-refractivity contribution < 1.29 is 18.1 Å². The summed E-state index contributed by atoms with van der Waals surface area (Å²) in [5, 5.41) is 0. The molecule has 2 saturated carbocycles. The standard InChI is InChI=1S/C20H40O4Si2/c1-13(2)26(14(3)4,15(5)6)24-20(21)18-11-17-10-16(18)12-19(17)25(9,22-7)23-8/h13-19H,10-12H2,1-9H3. The van der Waals surface area contributed by atoms with Gasteiger partial charge in [-0.2, -0.15) is 0 Å². The molecule has 4 unspecified atom stereocenters. The highest BCUT2D eigenvalue weighted by molar-refractivity contribution is 6.79. The van der Waals surface area contributed by atoms with Crippen molar-refractivity contribution >= 4 is 22.8 Å². The van der Waals surface area contributed by atoms with E-state index in [1.165, 1.54) is 0 Å². The lowest BCUT2D eigenvalue weighted by Crippen LogP contribution is -2.51. The predicted molar refractivity (Wildman–Crippen MR) is 111 cm³/mol. The summed E-state index contributed by atoms with van der Waals surface area (Å²) in [7, 11) is -0.711. The van der Waals surface area contributed by atoms with Gasteiger partial charge in [0.2, 0.25) is 0 Å². The third-order valence-corrected chi connectivity index (χ3v) is 17.3. The zero-order valence-electron chi connectivity index (χ0n) is 18.3. The van der Waals surface area contributed by atoms with E-state index in [2.05, 4.69) is 48.1 Å². The Hall–Kier alpha value is -0.176. The third kappa shape index (κ3) is 3.59. The molecule has 2 aliphatic carbocycles. The van der Waals surface area contributed by atoms with Gasteiger partial charge >= 0.3 is 8.56 Å². The first-order chi connectivity index (χ1) is 12.0. The van der Waals surface area contributed by atoms with Crippen LogP contribution in [0.5, 0.6) is 0 Å². The zero-order valence-corrected chi connectivity index (χ0v) is 20.3. The molecule has 2 fully saturated rings. The predicted octanol–water partition coefficient (Wildman–Crippen LogP) is 5.49. The summed E-state index contributed by atoms with van der Waals surface area (Å²) < 4.78 is 18.1. The summed E-state index contributed by atoms with van der Waals surface area (Å²) >= 11 is 0. The minimum Gasteiger partial charge on any atom is -0.518 e. The molecular formula is C20H40O4Si2. The molecule has 2 bridgehead atoms. The van der Waals surface area contributed by atoms with Gasteiger partial charge in [-0.05, 0) is 54.3 Å². The molecule has 4 nitrogen and oxygen atoms in total. The number of hydrogen-bond donors (Lipinski definition) is 0. The lowest BCUT2D eigenvalue weighted by Gasteiger charge is -2.43. The van der Waals surface area contributed by atoms with E-state index < -0.39 is 16.9 Å². The zero-order chi connectivity index (χ0) is 19.9. The highest BCUT2D eigenvalue weighted by Gasteiger charge is 2.58. The van der Waals surface area contributed by atoms with Crippen LogP contribution in [0.1, 0.15) is 60.8 Å². The topological polar surface area (TPSA) is 44.8 Å². The van der Waals surface area contributed by atoms with Crippen molar-refractivity contribution in [2.45, 2.75) is 89.5 Å². The lowest BCUT2D eigenvalue weighted by molar-refractivity contribution is -0.142. The van der Waals surface area contributed by atoms with Gasteiger partial charge in [-0.15, -0.1) is 0 Å². The van der Waals surface area contributed by atoms with Crippen molar-refractivity contribution in [3.8, 4) is 0 Å². The Balaban J connectivity index is 2.12. The SMILES string of the molecule is CO[Si](C)(OC)C1CC2CC1CC2C(=O)O[Si](C(C)C)(C(C)C)C(C)C. The minimum absolute atomic E-state index is 0.0892.